The Morgan fingerprint density at radius 3 is 2.68 bits per heavy atom. The van der Waals surface area contributed by atoms with Crippen LogP contribution in [-0.2, 0) is 14.8 Å². The van der Waals surface area contributed by atoms with Crippen LogP contribution in [0.5, 0.6) is 0 Å². The molecule has 0 spiro atoms. The molecule has 0 bridgehead atoms. The zero-order valence-electron chi connectivity index (χ0n) is 10.6. The molecule has 19 heavy (non-hydrogen) atoms. The van der Waals surface area contributed by atoms with Gasteiger partial charge in [0.2, 0.25) is 15.9 Å². The molecule has 6 heteroatoms. The van der Waals surface area contributed by atoms with Crippen molar-refractivity contribution in [1.82, 2.24) is 4.72 Å². The van der Waals surface area contributed by atoms with Crippen molar-refractivity contribution in [2.45, 2.75) is 30.7 Å². The maximum absolute atomic E-state index is 12.2. The largest absolute Gasteiger partial charge is 0.322 e. The molecular formula is C13H16N2O3S. The second-order valence-corrected chi connectivity index (χ2v) is 6.20. The summed E-state index contributed by atoms with van der Waals surface area (Å²) in [5.74, 6) is -0.368. The van der Waals surface area contributed by atoms with Crippen molar-refractivity contribution >= 4 is 21.6 Å². The number of amides is 1. The summed E-state index contributed by atoms with van der Waals surface area (Å²) in [4.78, 5) is 11.5. The summed E-state index contributed by atoms with van der Waals surface area (Å²) in [6.45, 7) is 5.03. The molecule has 0 heterocycles. The molecule has 0 unspecified atom stereocenters. The van der Waals surface area contributed by atoms with Crippen molar-refractivity contribution in [1.29, 1.82) is 0 Å². The summed E-state index contributed by atoms with van der Waals surface area (Å²) in [5, 5.41) is 2.59. The molecule has 0 aromatic heterocycles. The molecule has 5 nitrogen and oxygen atoms in total. The van der Waals surface area contributed by atoms with E-state index in [1.165, 1.54) is 6.07 Å². The predicted molar refractivity (Wildman–Crippen MR) is 73.3 cm³/mol. The number of anilines is 1. The molecule has 2 N–H and O–H groups in total. The van der Waals surface area contributed by atoms with Gasteiger partial charge in [-0.3, -0.25) is 4.79 Å². The second-order valence-electron chi connectivity index (χ2n) is 4.52. The average molecular weight is 280 g/mol. The molecule has 1 saturated carbocycles. The Hall–Kier alpha value is -1.66. The molecule has 102 valence electrons. The van der Waals surface area contributed by atoms with Crippen LogP contribution < -0.4 is 10.0 Å². The van der Waals surface area contributed by atoms with E-state index in [1.807, 2.05) is 0 Å². The number of rotatable bonds is 5. The van der Waals surface area contributed by atoms with Crippen molar-refractivity contribution < 1.29 is 13.2 Å². The molecule has 1 aliphatic rings. The van der Waals surface area contributed by atoms with Gasteiger partial charge in [0.05, 0.1) is 4.90 Å². The van der Waals surface area contributed by atoms with Gasteiger partial charge in [0.25, 0.3) is 0 Å². The highest BCUT2D eigenvalue weighted by atomic mass is 32.2. The number of hydrogen-bond donors (Lipinski definition) is 2. The number of hydrogen-bond acceptors (Lipinski definition) is 3. The lowest BCUT2D eigenvalue weighted by molar-refractivity contribution is -0.111. The SMILES string of the molecule is C=CC(=O)Nc1cccc(S(=O)(=O)NC2CC2)c1C. The summed E-state index contributed by atoms with van der Waals surface area (Å²) in [6, 6.07) is 4.85. The molecule has 1 amide bonds. The van der Waals surface area contributed by atoms with E-state index in [0.717, 1.165) is 18.9 Å². The van der Waals surface area contributed by atoms with Crippen molar-refractivity contribution in [2.75, 3.05) is 5.32 Å². The van der Waals surface area contributed by atoms with E-state index in [2.05, 4.69) is 16.6 Å². The predicted octanol–water partition coefficient (Wildman–Crippen LogP) is 1.56. The van der Waals surface area contributed by atoms with Crippen molar-refractivity contribution in [3.05, 3.63) is 36.4 Å². The van der Waals surface area contributed by atoms with Gasteiger partial charge in [-0.1, -0.05) is 12.6 Å². The van der Waals surface area contributed by atoms with Crippen LogP contribution in [0.25, 0.3) is 0 Å². The smallest absolute Gasteiger partial charge is 0.247 e. The van der Waals surface area contributed by atoms with Gasteiger partial charge < -0.3 is 5.32 Å². The quantitative estimate of drug-likeness (QED) is 0.804. The normalized spacial score (nSPS) is 15.0. The first-order valence-electron chi connectivity index (χ1n) is 5.99. The molecule has 0 saturated heterocycles. The third-order valence-electron chi connectivity index (χ3n) is 2.92. The van der Waals surface area contributed by atoms with E-state index >= 15 is 0 Å². The third-order valence-corrected chi connectivity index (χ3v) is 4.58. The Morgan fingerprint density at radius 1 is 1.42 bits per heavy atom. The van der Waals surface area contributed by atoms with Crippen LogP contribution in [0.1, 0.15) is 18.4 Å². The minimum Gasteiger partial charge on any atom is -0.322 e. The van der Waals surface area contributed by atoms with Gasteiger partial charge in [0, 0.05) is 11.7 Å². The molecule has 1 aliphatic carbocycles. The fourth-order valence-electron chi connectivity index (χ4n) is 1.71. The number of carbonyl (C=O) groups is 1. The van der Waals surface area contributed by atoms with Crippen LogP contribution >= 0.6 is 0 Å². The zero-order valence-corrected chi connectivity index (χ0v) is 11.5. The first-order valence-corrected chi connectivity index (χ1v) is 7.47. The van der Waals surface area contributed by atoms with Crippen LogP contribution in [0, 0.1) is 6.92 Å². The third kappa shape index (κ3) is 3.21. The number of benzene rings is 1. The van der Waals surface area contributed by atoms with Crippen LogP contribution in [-0.4, -0.2) is 20.4 Å². The average Bonchev–Trinajstić information content (AvgIpc) is 3.14. The summed E-state index contributed by atoms with van der Waals surface area (Å²) in [7, 11) is -3.52. The minimum absolute atomic E-state index is 0.0517. The monoisotopic (exact) mass is 280 g/mol. The molecule has 0 atom stereocenters. The highest BCUT2D eigenvalue weighted by Gasteiger charge is 2.29. The lowest BCUT2D eigenvalue weighted by Gasteiger charge is -2.12. The lowest BCUT2D eigenvalue weighted by Crippen LogP contribution is -2.26. The first kappa shape index (κ1) is 13.8. The van der Waals surface area contributed by atoms with Gasteiger partial charge in [-0.15, -0.1) is 0 Å². The highest BCUT2D eigenvalue weighted by Crippen LogP contribution is 2.26. The summed E-state index contributed by atoms with van der Waals surface area (Å²) in [6.07, 6.45) is 2.90. The van der Waals surface area contributed by atoms with Gasteiger partial charge in [0.15, 0.2) is 0 Å². The van der Waals surface area contributed by atoms with Crippen molar-refractivity contribution in [3.63, 3.8) is 0 Å². The van der Waals surface area contributed by atoms with E-state index in [0.29, 0.717) is 11.3 Å². The zero-order chi connectivity index (χ0) is 14.0. The molecule has 2 rings (SSSR count). The number of sulfonamides is 1. The van der Waals surface area contributed by atoms with Gasteiger partial charge in [-0.05, 0) is 43.5 Å². The minimum atomic E-state index is -3.52. The maximum Gasteiger partial charge on any atom is 0.247 e. The van der Waals surface area contributed by atoms with E-state index in [4.69, 9.17) is 0 Å². The summed E-state index contributed by atoms with van der Waals surface area (Å²) < 4.78 is 27.0. The van der Waals surface area contributed by atoms with E-state index < -0.39 is 10.0 Å². The topological polar surface area (TPSA) is 75.3 Å². The van der Waals surface area contributed by atoms with Crippen LogP contribution in [0.3, 0.4) is 0 Å². The van der Waals surface area contributed by atoms with Gasteiger partial charge in [0.1, 0.15) is 0 Å². The molecule has 1 fully saturated rings. The summed E-state index contributed by atoms with van der Waals surface area (Å²) >= 11 is 0. The molecule has 1 aromatic carbocycles. The second kappa shape index (κ2) is 5.14. The Bertz CT molecular complexity index is 619. The standard InChI is InChI=1S/C13H16N2O3S/c1-3-13(16)14-11-5-4-6-12(9(11)2)19(17,18)15-10-7-8-10/h3-6,10,15H,1,7-8H2,2H3,(H,14,16). The highest BCUT2D eigenvalue weighted by molar-refractivity contribution is 7.89. The Labute approximate surface area is 112 Å². The van der Waals surface area contributed by atoms with E-state index in [9.17, 15) is 13.2 Å². The Morgan fingerprint density at radius 2 is 2.11 bits per heavy atom. The van der Waals surface area contributed by atoms with Crippen molar-refractivity contribution in [2.24, 2.45) is 0 Å². The Balaban J connectivity index is 2.33. The Kier molecular flexibility index (Phi) is 3.73. The molecular weight excluding hydrogens is 264 g/mol. The van der Waals surface area contributed by atoms with Gasteiger partial charge >= 0.3 is 0 Å². The molecule has 0 aliphatic heterocycles. The van der Waals surface area contributed by atoms with Gasteiger partial charge in [-0.25, -0.2) is 13.1 Å². The van der Waals surface area contributed by atoms with Gasteiger partial charge in [-0.2, -0.15) is 0 Å². The summed E-state index contributed by atoms with van der Waals surface area (Å²) in [5.41, 5.74) is 0.995. The fraction of sp³-hybridized carbons (Fsp3) is 0.308. The van der Waals surface area contributed by atoms with E-state index in [1.54, 1.807) is 19.1 Å². The fourth-order valence-corrected chi connectivity index (χ4v) is 3.28. The van der Waals surface area contributed by atoms with Crippen LogP contribution in [0.2, 0.25) is 0 Å². The van der Waals surface area contributed by atoms with E-state index in [-0.39, 0.29) is 16.8 Å². The van der Waals surface area contributed by atoms with Crippen molar-refractivity contribution in [3.8, 4) is 0 Å². The lowest BCUT2D eigenvalue weighted by atomic mass is 10.2. The van der Waals surface area contributed by atoms with Crippen LogP contribution in [0.15, 0.2) is 35.7 Å². The maximum atomic E-state index is 12.2. The number of carbonyl (C=O) groups excluding carboxylic acids is 1. The molecule has 1 aromatic rings. The molecule has 0 radical (unpaired) electrons. The first-order chi connectivity index (χ1) is 8.94. The number of nitrogens with one attached hydrogen (secondary N) is 2. The van der Waals surface area contributed by atoms with Crippen LogP contribution in [0.4, 0.5) is 5.69 Å².